The maximum atomic E-state index is 12.4. The first kappa shape index (κ1) is 14.8. The number of benzene rings is 2. The summed E-state index contributed by atoms with van der Waals surface area (Å²) in [6, 6.07) is 14.3. The Morgan fingerprint density at radius 1 is 1.05 bits per heavy atom. The van der Waals surface area contributed by atoms with Gasteiger partial charge in [0.25, 0.3) is 5.91 Å². The van der Waals surface area contributed by atoms with Crippen LogP contribution in [0, 0.1) is 0 Å². The molecule has 0 atom stereocenters. The number of fused-ring (bicyclic) bond motifs is 1. The molecule has 2 N–H and O–H groups in total. The van der Waals surface area contributed by atoms with Gasteiger partial charge in [-0.25, -0.2) is 0 Å². The molecule has 0 unspecified atom stereocenters. The molecule has 4 heteroatoms. The van der Waals surface area contributed by atoms with Crippen molar-refractivity contribution in [1.29, 1.82) is 0 Å². The van der Waals surface area contributed by atoms with Gasteiger partial charge >= 0.3 is 0 Å². The monoisotopic (exact) mass is 290 g/mol. The molecule has 3 nitrogen and oxygen atoms in total. The van der Waals surface area contributed by atoms with Crippen LogP contribution >= 0.6 is 12.4 Å². The molecule has 1 heterocycles. The summed E-state index contributed by atoms with van der Waals surface area (Å²) >= 11 is 0. The van der Waals surface area contributed by atoms with Gasteiger partial charge in [0.1, 0.15) is 0 Å². The van der Waals surface area contributed by atoms with Crippen LogP contribution in [0.5, 0.6) is 0 Å². The second kappa shape index (κ2) is 6.25. The number of piperidine rings is 1. The van der Waals surface area contributed by atoms with Crippen molar-refractivity contribution in [2.75, 3.05) is 13.1 Å². The largest absolute Gasteiger partial charge is 0.339 e. The highest BCUT2D eigenvalue weighted by molar-refractivity contribution is 5.98. The lowest BCUT2D eigenvalue weighted by molar-refractivity contribution is 0.0715. The number of carbonyl (C=O) groups is 1. The van der Waals surface area contributed by atoms with Crippen molar-refractivity contribution in [2.24, 2.45) is 5.73 Å². The zero-order chi connectivity index (χ0) is 13.2. The molecule has 20 heavy (non-hydrogen) atoms. The van der Waals surface area contributed by atoms with Crippen molar-refractivity contribution < 1.29 is 4.79 Å². The van der Waals surface area contributed by atoms with Crippen LogP contribution in [0.4, 0.5) is 0 Å². The average molecular weight is 291 g/mol. The zero-order valence-electron chi connectivity index (χ0n) is 11.3. The summed E-state index contributed by atoms with van der Waals surface area (Å²) in [5.74, 6) is 0.123. The summed E-state index contributed by atoms with van der Waals surface area (Å²) in [6.45, 7) is 1.54. The Labute approximate surface area is 125 Å². The third-order valence-electron chi connectivity index (χ3n) is 3.82. The fraction of sp³-hybridized carbons (Fsp3) is 0.312. The molecule has 1 saturated heterocycles. The fourth-order valence-electron chi connectivity index (χ4n) is 2.61. The summed E-state index contributed by atoms with van der Waals surface area (Å²) in [6.07, 6.45) is 1.80. The highest BCUT2D eigenvalue weighted by Gasteiger charge is 2.21. The first-order valence-electron chi connectivity index (χ1n) is 6.78. The van der Waals surface area contributed by atoms with Gasteiger partial charge in [0, 0.05) is 24.7 Å². The van der Waals surface area contributed by atoms with Crippen molar-refractivity contribution in [3.63, 3.8) is 0 Å². The van der Waals surface area contributed by atoms with Gasteiger partial charge in [-0.3, -0.25) is 4.79 Å². The van der Waals surface area contributed by atoms with E-state index in [2.05, 4.69) is 6.07 Å². The van der Waals surface area contributed by atoms with Crippen LogP contribution in [0.25, 0.3) is 10.8 Å². The van der Waals surface area contributed by atoms with Crippen LogP contribution < -0.4 is 5.73 Å². The Kier molecular flexibility index (Phi) is 4.63. The third-order valence-corrected chi connectivity index (χ3v) is 3.82. The van der Waals surface area contributed by atoms with Crippen molar-refractivity contribution in [2.45, 2.75) is 18.9 Å². The van der Waals surface area contributed by atoms with Gasteiger partial charge in [-0.05, 0) is 35.7 Å². The van der Waals surface area contributed by atoms with Crippen molar-refractivity contribution in [1.82, 2.24) is 4.90 Å². The highest BCUT2D eigenvalue weighted by atomic mass is 35.5. The van der Waals surface area contributed by atoms with Crippen LogP contribution in [-0.2, 0) is 0 Å². The molecule has 0 bridgehead atoms. The quantitative estimate of drug-likeness (QED) is 0.878. The first-order chi connectivity index (χ1) is 9.24. The minimum absolute atomic E-state index is 0. The van der Waals surface area contributed by atoms with E-state index in [4.69, 9.17) is 5.73 Å². The molecule has 1 aliphatic heterocycles. The number of amides is 1. The predicted octanol–water partition coefficient (Wildman–Crippen LogP) is 2.82. The van der Waals surface area contributed by atoms with Gasteiger partial charge in [0.15, 0.2) is 0 Å². The molecule has 3 rings (SSSR count). The van der Waals surface area contributed by atoms with E-state index in [1.807, 2.05) is 41.3 Å². The van der Waals surface area contributed by atoms with Crippen molar-refractivity contribution in [3.05, 3.63) is 48.0 Å². The number of hydrogen-bond donors (Lipinski definition) is 1. The van der Waals surface area contributed by atoms with E-state index in [-0.39, 0.29) is 24.4 Å². The van der Waals surface area contributed by atoms with Crippen LogP contribution in [0.1, 0.15) is 23.2 Å². The number of likely N-dealkylation sites (tertiary alicyclic amines) is 1. The highest BCUT2D eigenvalue weighted by Crippen LogP contribution is 2.18. The van der Waals surface area contributed by atoms with Gasteiger partial charge in [-0.15, -0.1) is 12.4 Å². The molecule has 0 spiro atoms. The van der Waals surface area contributed by atoms with E-state index < -0.39 is 0 Å². The van der Waals surface area contributed by atoms with E-state index in [1.165, 1.54) is 5.39 Å². The number of nitrogens with zero attached hydrogens (tertiary/aromatic N) is 1. The topological polar surface area (TPSA) is 46.3 Å². The lowest BCUT2D eigenvalue weighted by Crippen LogP contribution is -2.42. The normalized spacial score (nSPS) is 15.9. The number of carbonyl (C=O) groups excluding carboxylic acids is 1. The van der Waals surface area contributed by atoms with Gasteiger partial charge < -0.3 is 10.6 Å². The van der Waals surface area contributed by atoms with E-state index in [0.717, 1.165) is 36.9 Å². The molecule has 106 valence electrons. The molecule has 2 aromatic carbocycles. The molecule has 1 aliphatic rings. The summed E-state index contributed by atoms with van der Waals surface area (Å²) in [7, 11) is 0. The van der Waals surface area contributed by atoms with Crippen LogP contribution in [0.3, 0.4) is 0 Å². The zero-order valence-corrected chi connectivity index (χ0v) is 12.1. The van der Waals surface area contributed by atoms with Crippen molar-refractivity contribution >= 4 is 29.1 Å². The number of halogens is 1. The molecular weight excluding hydrogens is 272 g/mol. The third kappa shape index (κ3) is 2.94. The molecular formula is C16H19ClN2O. The lowest BCUT2D eigenvalue weighted by Gasteiger charge is -2.30. The Morgan fingerprint density at radius 3 is 2.40 bits per heavy atom. The van der Waals surface area contributed by atoms with Crippen LogP contribution in [-0.4, -0.2) is 29.9 Å². The minimum atomic E-state index is 0. The predicted molar refractivity (Wildman–Crippen MR) is 84.3 cm³/mol. The van der Waals surface area contributed by atoms with E-state index in [0.29, 0.717) is 0 Å². The molecule has 0 aliphatic carbocycles. The van der Waals surface area contributed by atoms with Gasteiger partial charge in [-0.1, -0.05) is 30.3 Å². The molecule has 0 saturated carbocycles. The molecule has 0 aromatic heterocycles. The lowest BCUT2D eigenvalue weighted by atomic mass is 10.0. The number of nitrogens with two attached hydrogens (primary N) is 1. The second-order valence-corrected chi connectivity index (χ2v) is 5.19. The Balaban J connectivity index is 0.00000147. The van der Waals surface area contributed by atoms with Crippen LogP contribution in [0.15, 0.2) is 42.5 Å². The second-order valence-electron chi connectivity index (χ2n) is 5.19. The number of rotatable bonds is 1. The molecule has 1 amide bonds. The standard InChI is InChI=1S/C16H18N2O.ClH/c17-15-7-9-18(10-8-15)16(19)14-6-5-12-3-1-2-4-13(12)11-14;/h1-6,11,15H,7-10,17H2;1H. The van der Waals surface area contributed by atoms with E-state index in [9.17, 15) is 4.79 Å². The summed E-state index contributed by atoms with van der Waals surface area (Å²) in [5, 5.41) is 2.28. The Morgan fingerprint density at radius 2 is 1.70 bits per heavy atom. The maximum Gasteiger partial charge on any atom is 0.253 e. The maximum absolute atomic E-state index is 12.4. The first-order valence-corrected chi connectivity index (χ1v) is 6.78. The summed E-state index contributed by atoms with van der Waals surface area (Å²) < 4.78 is 0. The Hall–Kier alpha value is -1.58. The molecule has 1 fully saturated rings. The minimum Gasteiger partial charge on any atom is -0.339 e. The van der Waals surface area contributed by atoms with Gasteiger partial charge in [-0.2, -0.15) is 0 Å². The van der Waals surface area contributed by atoms with E-state index in [1.54, 1.807) is 0 Å². The smallest absolute Gasteiger partial charge is 0.253 e. The number of hydrogen-bond acceptors (Lipinski definition) is 2. The average Bonchev–Trinajstić information content (AvgIpc) is 2.47. The van der Waals surface area contributed by atoms with Crippen LogP contribution in [0.2, 0.25) is 0 Å². The SMILES string of the molecule is Cl.NC1CCN(C(=O)c2ccc3ccccc3c2)CC1. The van der Waals surface area contributed by atoms with Crippen molar-refractivity contribution in [3.8, 4) is 0 Å². The van der Waals surface area contributed by atoms with Gasteiger partial charge in [0.05, 0.1) is 0 Å². The summed E-state index contributed by atoms with van der Waals surface area (Å²) in [4.78, 5) is 14.3. The molecule has 2 aromatic rings. The molecule has 0 radical (unpaired) electrons. The fourth-order valence-corrected chi connectivity index (χ4v) is 2.61. The van der Waals surface area contributed by atoms with Gasteiger partial charge in [0.2, 0.25) is 0 Å². The summed E-state index contributed by atoms with van der Waals surface area (Å²) in [5.41, 5.74) is 6.64. The van der Waals surface area contributed by atoms with E-state index >= 15 is 0 Å². The Bertz CT molecular complexity index is 606.